The van der Waals surface area contributed by atoms with Crippen LogP contribution in [0.2, 0.25) is 0 Å². The molecule has 198 valence electrons. The molecule has 0 saturated carbocycles. The fourth-order valence-corrected chi connectivity index (χ4v) is 6.49. The van der Waals surface area contributed by atoms with Gasteiger partial charge in [0.2, 0.25) is 10.0 Å². The lowest BCUT2D eigenvalue weighted by Crippen LogP contribution is -2.55. The number of benzene rings is 1. The van der Waals surface area contributed by atoms with Crippen molar-refractivity contribution in [3.05, 3.63) is 42.4 Å². The third-order valence-corrected chi connectivity index (χ3v) is 8.79. The summed E-state index contributed by atoms with van der Waals surface area (Å²) < 4.78 is 28.8. The van der Waals surface area contributed by atoms with Crippen molar-refractivity contribution in [2.45, 2.75) is 43.7 Å². The topological polar surface area (TPSA) is 127 Å². The molecule has 2 aromatic heterocycles. The Balaban J connectivity index is 1.23. The van der Waals surface area contributed by atoms with Crippen molar-refractivity contribution in [1.29, 1.82) is 0 Å². The highest BCUT2D eigenvalue weighted by Gasteiger charge is 2.30. The van der Waals surface area contributed by atoms with Crippen LogP contribution in [0, 0.1) is 6.92 Å². The predicted octanol–water partition coefficient (Wildman–Crippen LogP) is 2.38. The fourth-order valence-electron chi connectivity index (χ4n) is 5.14. The molecule has 37 heavy (non-hydrogen) atoms. The van der Waals surface area contributed by atoms with E-state index in [1.807, 2.05) is 27.1 Å². The molecule has 0 radical (unpaired) electrons. The van der Waals surface area contributed by atoms with Gasteiger partial charge < -0.3 is 25.0 Å². The van der Waals surface area contributed by atoms with Gasteiger partial charge in [0.15, 0.2) is 0 Å². The summed E-state index contributed by atoms with van der Waals surface area (Å²) >= 11 is 0. The van der Waals surface area contributed by atoms with Crippen molar-refractivity contribution >= 4 is 38.6 Å². The van der Waals surface area contributed by atoms with Gasteiger partial charge in [-0.2, -0.15) is 0 Å². The van der Waals surface area contributed by atoms with Crippen LogP contribution in [-0.2, 0) is 10.0 Å². The Morgan fingerprint density at radius 2 is 1.92 bits per heavy atom. The first-order valence-electron chi connectivity index (χ1n) is 12.6. The molecule has 5 rings (SSSR count). The first-order chi connectivity index (χ1) is 17.7. The van der Waals surface area contributed by atoms with Crippen molar-refractivity contribution in [2.24, 2.45) is 0 Å². The summed E-state index contributed by atoms with van der Waals surface area (Å²) in [6, 6.07) is 6.02. The second-order valence-corrected chi connectivity index (χ2v) is 11.8. The monoisotopic (exact) mass is 526 g/mol. The summed E-state index contributed by atoms with van der Waals surface area (Å²) in [5.74, 6) is 0.866. The Bertz CT molecular complexity index is 1380. The molecule has 1 atom stereocenters. The van der Waals surface area contributed by atoms with Crippen LogP contribution in [0.5, 0.6) is 0 Å². The molecule has 3 aromatic rings. The molecule has 0 aliphatic carbocycles. The van der Waals surface area contributed by atoms with Crippen LogP contribution in [0.25, 0.3) is 11.0 Å². The quantitative estimate of drug-likeness (QED) is 0.466. The number of hydrogen-bond donors (Lipinski definition) is 3. The minimum absolute atomic E-state index is 0.0731. The van der Waals surface area contributed by atoms with Gasteiger partial charge in [-0.1, -0.05) is 6.07 Å². The molecule has 2 saturated heterocycles. The van der Waals surface area contributed by atoms with Gasteiger partial charge in [0.25, 0.3) is 0 Å². The second-order valence-electron chi connectivity index (χ2n) is 10.0. The third-order valence-electron chi connectivity index (χ3n) is 7.27. The van der Waals surface area contributed by atoms with Crippen molar-refractivity contribution in [3.63, 3.8) is 0 Å². The van der Waals surface area contributed by atoms with Gasteiger partial charge in [0.1, 0.15) is 17.8 Å². The number of sulfonamides is 1. The molecule has 0 unspecified atom stereocenters. The van der Waals surface area contributed by atoms with E-state index in [4.69, 9.17) is 0 Å². The normalized spacial score (nSPS) is 19.9. The molecular weight excluding hydrogens is 492 g/mol. The Hall–Kier alpha value is -3.22. The number of H-pyrrole nitrogens is 1. The summed E-state index contributed by atoms with van der Waals surface area (Å²) in [4.78, 5) is 31.5. The number of aryl methyl sites for hydroxylation is 1. The number of rotatable bonds is 5. The average Bonchev–Trinajstić information content (AvgIpc) is 3.26. The standard InChI is InChI=1S/C25H34N8O3S/c1-17-14-26-23-22(17)24(28-16-27-23)32-11-12-33(18(2)15-32)25(34)29-20-5-4-6-21(13-20)37(35,36)30-19-7-9-31(3)10-8-19/h4-6,13-14,16,18-19,30H,7-12,15H2,1-3H3,(H,29,34)(H,26,27,28)/t18-/m0/s1. The number of piperazine rings is 1. The maximum atomic E-state index is 13.2. The van der Waals surface area contributed by atoms with Crippen LogP contribution < -0.4 is 14.9 Å². The number of aromatic nitrogens is 3. The highest BCUT2D eigenvalue weighted by molar-refractivity contribution is 7.89. The van der Waals surface area contributed by atoms with Gasteiger partial charge in [-0.3, -0.25) is 0 Å². The lowest BCUT2D eigenvalue weighted by atomic mass is 10.1. The molecule has 2 fully saturated rings. The van der Waals surface area contributed by atoms with E-state index in [-0.39, 0.29) is 23.0 Å². The lowest BCUT2D eigenvalue weighted by molar-refractivity contribution is 0.184. The van der Waals surface area contributed by atoms with Crippen LogP contribution in [0.4, 0.5) is 16.3 Å². The zero-order valence-electron chi connectivity index (χ0n) is 21.4. The Morgan fingerprint density at radius 1 is 1.14 bits per heavy atom. The van der Waals surface area contributed by atoms with Crippen molar-refractivity contribution < 1.29 is 13.2 Å². The van der Waals surface area contributed by atoms with Crippen molar-refractivity contribution in [2.75, 3.05) is 50.0 Å². The summed E-state index contributed by atoms with van der Waals surface area (Å²) in [5.41, 5.74) is 2.33. The maximum Gasteiger partial charge on any atom is 0.322 e. The highest BCUT2D eigenvalue weighted by atomic mass is 32.2. The number of anilines is 2. The molecule has 3 N–H and O–H groups in total. The largest absolute Gasteiger partial charge is 0.352 e. The number of nitrogens with zero attached hydrogens (tertiary/aromatic N) is 5. The minimum Gasteiger partial charge on any atom is -0.352 e. The Morgan fingerprint density at radius 3 is 2.68 bits per heavy atom. The molecule has 2 aliphatic heterocycles. The first-order valence-corrected chi connectivity index (χ1v) is 14.1. The van der Waals surface area contributed by atoms with E-state index in [0.29, 0.717) is 25.3 Å². The van der Waals surface area contributed by atoms with E-state index < -0.39 is 10.0 Å². The SMILES string of the molecule is Cc1c[nH]c2ncnc(N3CCN(C(=O)Nc4cccc(S(=O)(=O)NC5CCN(C)CC5)c4)[C@@H](C)C3)c12. The van der Waals surface area contributed by atoms with Gasteiger partial charge in [-0.05, 0) is 70.6 Å². The fraction of sp³-hybridized carbons (Fsp3) is 0.480. The van der Waals surface area contributed by atoms with Gasteiger partial charge in [0, 0.05) is 43.6 Å². The highest BCUT2D eigenvalue weighted by Crippen LogP contribution is 2.28. The second kappa shape index (κ2) is 10.3. The third kappa shape index (κ3) is 5.41. The number of carbonyl (C=O) groups is 1. The maximum absolute atomic E-state index is 13.2. The van der Waals surface area contributed by atoms with E-state index in [2.05, 4.69) is 34.8 Å². The molecule has 2 amide bonds. The zero-order valence-corrected chi connectivity index (χ0v) is 22.3. The summed E-state index contributed by atoms with van der Waals surface area (Å²) in [6.45, 7) is 7.51. The molecule has 12 heteroatoms. The van der Waals surface area contributed by atoms with Gasteiger partial charge >= 0.3 is 6.03 Å². The number of piperidine rings is 1. The van der Waals surface area contributed by atoms with Crippen LogP contribution in [0.1, 0.15) is 25.3 Å². The van der Waals surface area contributed by atoms with E-state index in [9.17, 15) is 13.2 Å². The molecule has 0 spiro atoms. The molecule has 1 aromatic carbocycles. The van der Waals surface area contributed by atoms with Gasteiger partial charge in [0.05, 0.1) is 10.3 Å². The summed E-state index contributed by atoms with van der Waals surface area (Å²) in [7, 11) is -1.64. The van der Waals surface area contributed by atoms with Gasteiger partial charge in [-0.25, -0.2) is 27.9 Å². The van der Waals surface area contributed by atoms with E-state index in [1.165, 1.54) is 6.07 Å². The van der Waals surface area contributed by atoms with Crippen LogP contribution in [0.3, 0.4) is 0 Å². The average molecular weight is 527 g/mol. The van der Waals surface area contributed by atoms with Crippen LogP contribution >= 0.6 is 0 Å². The lowest BCUT2D eigenvalue weighted by Gasteiger charge is -2.40. The number of likely N-dealkylation sites (tertiary alicyclic amines) is 1. The van der Waals surface area contributed by atoms with Gasteiger partial charge in [-0.15, -0.1) is 0 Å². The number of amides is 2. The number of aromatic amines is 1. The first kappa shape index (κ1) is 25.4. The zero-order chi connectivity index (χ0) is 26.2. The number of fused-ring (bicyclic) bond motifs is 1. The van der Waals surface area contributed by atoms with E-state index in [0.717, 1.165) is 48.3 Å². The molecule has 2 aliphatic rings. The Labute approximate surface area is 217 Å². The Kier molecular flexibility index (Phi) is 7.06. The molecule has 11 nitrogen and oxygen atoms in total. The number of urea groups is 1. The van der Waals surface area contributed by atoms with Crippen LogP contribution in [-0.4, -0.2) is 91.1 Å². The van der Waals surface area contributed by atoms with E-state index in [1.54, 1.807) is 29.4 Å². The molecule has 0 bridgehead atoms. The van der Waals surface area contributed by atoms with E-state index >= 15 is 0 Å². The van der Waals surface area contributed by atoms with Crippen molar-refractivity contribution in [3.8, 4) is 0 Å². The predicted molar refractivity (Wildman–Crippen MR) is 143 cm³/mol. The summed E-state index contributed by atoms with van der Waals surface area (Å²) in [6.07, 6.45) is 5.04. The number of nitrogens with one attached hydrogen (secondary N) is 3. The van der Waals surface area contributed by atoms with Crippen LogP contribution in [0.15, 0.2) is 41.7 Å². The molecular formula is C25H34N8O3S. The number of carbonyl (C=O) groups excluding carboxylic acids is 1. The summed E-state index contributed by atoms with van der Waals surface area (Å²) in [5, 5.41) is 3.89. The van der Waals surface area contributed by atoms with Crippen molar-refractivity contribution in [1.82, 2.24) is 29.5 Å². The molecule has 4 heterocycles. The smallest absolute Gasteiger partial charge is 0.322 e. The minimum atomic E-state index is -3.68. The number of hydrogen-bond acceptors (Lipinski definition) is 7.